The third-order valence-corrected chi connectivity index (χ3v) is 4.63. The van der Waals surface area contributed by atoms with Crippen LogP contribution in [0.15, 0.2) is 58.6 Å². The molecule has 138 valence electrons. The molecule has 6 heteroatoms. The summed E-state index contributed by atoms with van der Waals surface area (Å²) in [5.74, 6) is 0.487. The summed E-state index contributed by atoms with van der Waals surface area (Å²) in [5, 5.41) is 13.5. The number of ether oxygens (including phenoxy) is 1. The Morgan fingerprint density at radius 2 is 1.96 bits per heavy atom. The molecule has 3 aromatic rings. The number of hydrogen-bond donors (Lipinski definition) is 2. The second-order valence-electron chi connectivity index (χ2n) is 6.10. The van der Waals surface area contributed by atoms with Crippen molar-refractivity contribution in [3.63, 3.8) is 0 Å². The van der Waals surface area contributed by atoms with Gasteiger partial charge in [0.25, 0.3) is 0 Å². The largest absolute Gasteiger partial charge is 0.497 e. The fourth-order valence-electron chi connectivity index (χ4n) is 2.64. The van der Waals surface area contributed by atoms with E-state index in [4.69, 9.17) is 4.74 Å². The van der Waals surface area contributed by atoms with Crippen molar-refractivity contribution in [1.29, 1.82) is 0 Å². The number of anilines is 1. The van der Waals surface area contributed by atoms with E-state index < -0.39 is 5.97 Å². The van der Waals surface area contributed by atoms with Gasteiger partial charge in [-0.15, -0.1) is 0 Å². The second kappa shape index (κ2) is 8.22. The number of hydrogen-bond acceptors (Lipinski definition) is 4. The average Bonchev–Trinajstić information content (AvgIpc) is 2.66. The van der Waals surface area contributed by atoms with Gasteiger partial charge in [-0.2, -0.15) is 0 Å². The SMILES string of the molecule is COc1ccc(CNc2nc3ccc(Br)cc3cc2/C=C(\C)C(=O)O)cc1. The second-order valence-corrected chi connectivity index (χ2v) is 7.01. The molecular formula is C21H19BrN2O3. The van der Waals surface area contributed by atoms with Crippen molar-refractivity contribution in [2.75, 3.05) is 12.4 Å². The highest BCUT2D eigenvalue weighted by molar-refractivity contribution is 9.10. The van der Waals surface area contributed by atoms with Crippen molar-refractivity contribution in [3.8, 4) is 5.75 Å². The maximum atomic E-state index is 11.2. The van der Waals surface area contributed by atoms with Crippen molar-refractivity contribution in [2.24, 2.45) is 0 Å². The number of aromatic nitrogens is 1. The molecule has 2 N–H and O–H groups in total. The van der Waals surface area contributed by atoms with Crippen molar-refractivity contribution in [2.45, 2.75) is 13.5 Å². The Hall–Kier alpha value is -2.86. The van der Waals surface area contributed by atoms with E-state index in [1.165, 1.54) is 0 Å². The Morgan fingerprint density at radius 3 is 2.63 bits per heavy atom. The summed E-state index contributed by atoms with van der Waals surface area (Å²) in [5.41, 5.74) is 2.88. The molecule has 0 spiro atoms. The van der Waals surface area contributed by atoms with Crippen LogP contribution < -0.4 is 10.1 Å². The number of aliphatic carboxylic acids is 1. The fourth-order valence-corrected chi connectivity index (χ4v) is 3.02. The lowest BCUT2D eigenvalue weighted by Gasteiger charge is -2.12. The van der Waals surface area contributed by atoms with Gasteiger partial charge in [0.05, 0.1) is 12.6 Å². The van der Waals surface area contributed by atoms with E-state index in [1.54, 1.807) is 20.1 Å². The number of fused-ring (bicyclic) bond motifs is 1. The molecule has 0 unspecified atom stereocenters. The highest BCUT2D eigenvalue weighted by Gasteiger charge is 2.09. The summed E-state index contributed by atoms with van der Waals surface area (Å²) < 4.78 is 6.12. The molecule has 3 rings (SSSR count). The van der Waals surface area contributed by atoms with Crippen LogP contribution in [0.1, 0.15) is 18.1 Å². The Bertz CT molecular complexity index is 1010. The smallest absolute Gasteiger partial charge is 0.331 e. The van der Waals surface area contributed by atoms with E-state index in [-0.39, 0.29) is 5.57 Å². The minimum Gasteiger partial charge on any atom is -0.497 e. The molecule has 0 aliphatic heterocycles. The van der Waals surface area contributed by atoms with Gasteiger partial charge >= 0.3 is 5.97 Å². The summed E-state index contributed by atoms with van der Waals surface area (Å²) in [6.45, 7) is 2.13. The van der Waals surface area contributed by atoms with Gasteiger partial charge in [0.1, 0.15) is 11.6 Å². The third-order valence-electron chi connectivity index (χ3n) is 4.13. The molecule has 0 saturated heterocycles. The quantitative estimate of drug-likeness (QED) is 0.536. The van der Waals surface area contributed by atoms with Crippen LogP contribution >= 0.6 is 15.9 Å². The maximum absolute atomic E-state index is 11.2. The monoisotopic (exact) mass is 426 g/mol. The van der Waals surface area contributed by atoms with Crippen LogP contribution in [0, 0.1) is 0 Å². The van der Waals surface area contributed by atoms with Gasteiger partial charge in [-0.1, -0.05) is 28.1 Å². The minimum absolute atomic E-state index is 0.249. The lowest BCUT2D eigenvalue weighted by Crippen LogP contribution is -2.04. The van der Waals surface area contributed by atoms with Crippen molar-refractivity contribution in [3.05, 3.63) is 69.7 Å². The first-order valence-electron chi connectivity index (χ1n) is 8.35. The van der Waals surface area contributed by atoms with E-state index in [9.17, 15) is 9.90 Å². The lowest BCUT2D eigenvalue weighted by molar-refractivity contribution is -0.132. The number of rotatable bonds is 6. The molecule has 27 heavy (non-hydrogen) atoms. The zero-order valence-electron chi connectivity index (χ0n) is 15.0. The molecule has 2 aromatic carbocycles. The zero-order valence-corrected chi connectivity index (χ0v) is 16.6. The fraction of sp³-hybridized carbons (Fsp3) is 0.143. The molecular weight excluding hydrogens is 408 g/mol. The van der Waals surface area contributed by atoms with E-state index in [0.717, 1.165) is 32.3 Å². The summed E-state index contributed by atoms with van der Waals surface area (Å²) in [6.07, 6.45) is 1.63. The number of halogens is 1. The first-order valence-corrected chi connectivity index (χ1v) is 9.14. The number of nitrogens with one attached hydrogen (secondary N) is 1. The molecule has 0 saturated carbocycles. The third kappa shape index (κ3) is 4.65. The van der Waals surface area contributed by atoms with Gasteiger partial charge in [-0.05, 0) is 55.0 Å². The van der Waals surface area contributed by atoms with Crippen molar-refractivity contribution >= 4 is 44.7 Å². The Morgan fingerprint density at radius 1 is 1.22 bits per heavy atom. The molecule has 0 aliphatic rings. The van der Waals surface area contributed by atoms with Gasteiger partial charge in [0, 0.05) is 27.5 Å². The van der Waals surface area contributed by atoms with Gasteiger partial charge in [-0.3, -0.25) is 0 Å². The molecule has 1 aromatic heterocycles. The van der Waals surface area contributed by atoms with Gasteiger partial charge in [-0.25, -0.2) is 9.78 Å². The number of methoxy groups -OCH3 is 1. The first-order chi connectivity index (χ1) is 13.0. The van der Waals surface area contributed by atoms with Crippen LogP contribution in [0.4, 0.5) is 5.82 Å². The van der Waals surface area contributed by atoms with E-state index in [1.807, 2.05) is 48.5 Å². The summed E-state index contributed by atoms with van der Waals surface area (Å²) >= 11 is 3.46. The van der Waals surface area contributed by atoms with Gasteiger partial charge in [0.2, 0.25) is 0 Å². The highest BCUT2D eigenvalue weighted by atomic mass is 79.9. The van der Waals surface area contributed by atoms with Crippen LogP contribution in [0.2, 0.25) is 0 Å². The van der Waals surface area contributed by atoms with Gasteiger partial charge in [0.15, 0.2) is 0 Å². The number of benzene rings is 2. The number of carboxylic acids is 1. The number of carboxylic acid groups (broad SMARTS) is 1. The predicted molar refractivity (Wildman–Crippen MR) is 111 cm³/mol. The Balaban J connectivity index is 1.96. The number of carbonyl (C=O) groups is 1. The van der Waals surface area contributed by atoms with Crippen LogP contribution in [0.5, 0.6) is 5.75 Å². The average molecular weight is 427 g/mol. The lowest BCUT2D eigenvalue weighted by atomic mass is 10.1. The molecule has 1 heterocycles. The van der Waals surface area contributed by atoms with E-state index in [2.05, 4.69) is 26.2 Å². The molecule has 5 nitrogen and oxygen atoms in total. The van der Waals surface area contributed by atoms with Crippen LogP contribution in [-0.4, -0.2) is 23.2 Å². The molecule has 0 bridgehead atoms. The van der Waals surface area contributed by atoms with Crippen LogP contribution in [0.25, 0.3) is 17.0 Å². The molecule has 0 fully saturated rings. The molecule has 0 radical (unpaired) electrons. The maximum Gasteiger partial charge on any atom is 0.331 e. The number of nitrogens with zero attached hydrogens (tertiary/aromatic N) is 1. The topological polar surface area (TPSA) is 71.5 Å². The molecule has 0 amide bonds. The van der Waals surface area contributed by atoms with Gasteiger partial charge < -0.3 is 15.2 Å². The summed E-state index contributed by atoms with van der Waals surface area (Å²) in [7, 11) is 1.63. The van der Waals surface area contributed by atoms with Crippen molar-refractivity contribution < 1.29 is 14.6 Å². The standard InChI is InChI=1S/C21H19BrN2O3/c1-13(21(25)26)9-16-10-15-11-17(22)5-8-19(15)24-20(16)23-12-14-3-6-18(27-2)7-4-14/h3-11H,12H2,1-2H3,(H,23,24)(H,25,26)/b13-9+. The minimum atomic E-state index is -0.953. The number of pyridine rings is 1. The predicted octanol–water partition coefficient (Wildman–Crippen LogP) is 5.11. The summed E-state index contributed by atoms with van der Waals surface area (Å²) in [4.78, 5) is 15.9. The Labute approximate surface area is 165 Å². The molecule has 0 aliphatic carbocycles. The van der Waals surface area contributed by atoms with E-state index >= 15 is 0 Å². The first kappa shape index (κ1) is 18.9. The molecule has 0 atom stereocenters. The normalized spacial score (nSPS) is 11.4. The van der Waals surface area contributed by atoms with E-state index in [0.29, 0.717) is 12.4 Å². The van der Waals surface area contributed by atoms with Crippen LogP contribution in [-0.2, 0) is 11.3 Å². The summed E-state index contributed by atoms with van der Waals surface area (Å²) in [6, 6.07) is 15.5. The Kier molecular flexibility index (Phi) is 5.76. The highest BCUT2D eigenvalue weighted by Crippen LogP contribution is 2.26. The zero-order chi connectivity index (χ0) is 19.4. The van der Waals surface area contributed by atoms with Crippen LogP contribution in [0.3, 0.4) is 0 Å². The van der Waals surface area contributed by atoms with Crippen molar-refractivity contribution in [1.82, 2.24) is 4.98 Å².